The van der Waals surface area contributed by atoms with Crippen molar-refractivity contribution in [2.24, 2.45) is 0 Å². The molecule has 0 unspecified atom stereocenters. The Balaban J connectivity index is 1.81. The molecule has 0 bridgehead atoms. The van der Waals surface area contributed by atoms with Crippen molar-refractivity contribution in [1.29, 1.82) is 0 Å². The van der Waals surface area contributed by atoms with Crippen molar-refractivity contribution < 1.29 is 17.7 Å². The molecule has 2 aromatic carbocycles. The van der Waals surface area contributed by atoms with Crippen molar-refractivity contribution in [3.8, 4) is 17.0 Å². The van der Waals surface area contributed by atoms with Crippen molar-refractivity contribution >= 4 is 26.7 Å². The third kappa shape index (κ3) is 3.59. The van der Waals surface area contributed by atoms with E-state index in [0.29, 0.717) is 11.2 Å². The number of aromatic nitrogens is 3. The number of hydrogen-bond donors (Lipinski definition) is 1. The summed E-state index contributed by atoms with van der Waals surface area (Å²) in [6.45, 7) is 4.09. The largest absolute Gasteiger partial charge is 0.496 e. The number of benzene rings is 2. The van der Waals surface area contributed by atoms with E-state index in [9.17, 15) is 8.42 Å². The molecule has 4 aromatic rings. The van der Waals surface area contributed by atoms with Gasteiger partial charge in [0.15, 0.2) is 5.82 Å². The maximum absolute atomic E-state index is 12.7. The molecule has 0 saturated heterocycles. The second-order valence-electron chi connectivity index (χ2n) is 6.72. The molecule has 0 saturated carbocycles. The number of ether oxygens (including phenoxy) is 1. The highest BCUT2D eigenvalue weighted by Gasteiger charge is 2.18. The average Bonchev–Trinajstić information content (AvgIpc) is 3.25. The van der Waals surface area contributed by atoms with Gasteiger partial charge in [0, 0.05) is 17.0 Å². The molecular weight excluding hydrogens is 404 g/mol. The Hall–Kier alpha value is -3.46. The average molecular weight is 424 g/mol. The van der Waals surface area contributed by atoms with Crippen LogP contribution in [0.2, 0.25) is 0 Å². The number of hydrogen-bond acceptors (Lipinski definition) is 7. The zero-order valence-corrected chi connectivity index (χ0v) is 17.5. The lowest BCUT2D eigenvalue weighted by atomic mass is 9.98. The predicted molar refractivity (Wildman–Crippen MR) is 113 cm³/mol. The summed E-state index contributed by atoms with van der Waals surface area (Å²) in [6, 6.07) is 10.2. The van der Waals surface area contributed by atoms with E-state index in [-0.39, 0.29) is 10.7 Å². The molecule has 154 valence electrons. The molecule has 0 spiro atoms. The Morgan fingerprint density at radius 1 is 1.13 bits per heavy atom. The summed E-state index contributed by atoms with van der Waals surface area (Å²) in [6.07, 6.45) is 3.57. The number of nitrogens with zero attached hydrogens (tertiary/aromatic N) is 3. The lowest BCUT2D eigenvalue weighted by molar-refractivity contribution is 0.410. The summed E-state index contributed by atoms with van der Waals surface area (Å²) in [5, 5.41) is 4.32. The van der Waals surface area contributed by atoms with Crippen LogP contribution in [0.15, 0.2) is 58.4 Å². The zero-order chi connectivity index (χ0) is 21.3. The highest BCUT2D eigenvalue weighted by molar-refractivity contribution is 7.92. The summed E-state index contributed by atoms with van der Waals surface area (Å²) in [4.78, 5) is 8.81. The van der Waals surface area contributed by atoms with Crippen LogP contribution in [0.1, 0.15) is 18.1 Å². The second kappa shape index (κ2) is 7.75. The molecule has 0 aliphatic rings. The van der Waals surface area contributed by atoms with Gasteiger partial charge >= 0.3 is 0 Å². The van der Waals surface area contributed by atoms with Crippen LogP contribution in [-0.4, -0.2) is 30.7 Å². The number of methoxy groups -OCH3 is 1. The quantitative estimate of drug-likeness (QED) is 0.499. The van der Waals surface area contributed by atoms with Crippen LogP contribution in [-0.2, 0) is 16.4 Å². The molecule has 9 heteroatoms. The first kappa shape index (κ1) is 19.8. The molecule has 0 fully saturated rings. The maximum atomic E-state index is 12.7. The molecule has 0 aliphatic heterocycles. The first-order valence-electron chi connectivity index (χ1n) is 9.28. The Morgan fingerprint density at radius 3 is 2.67 bits per heavy atom. The Labute approximate surface area is 174 Å². The topological polar surface area (TPSA) is 107 Å². The van der Waals surface area contributed by atoms with Gasteiger partial charge in [0.2, 0.25) is 0 Å². The van der Waals surface area contributed by atoms with Crippen LogP contribution in [0.3, 0.4) is 0 Å². The van der Waals surface area contributed by atoms with E-state index < -0.39 is 10.0 Å². The number of aryl methyl sites for hydroxylation is 2. The van der Waals surface area contributed by atoms with Crippen LogP contribution >= 0.6 is 0 Å². The zero-order valence-electron chi connectivity index (χ0n) is 16.7. The molecule has 2 aromatic heterocycles. The van der Waals surface area contributed by atoms with Gasteiger partial charge in [-0.2, -0.15) is 0 Å². The maximum Gasteiger partial charge on any atom is 0.263 e. The van der Waals surface area contributed by atoms with E-state index >= 15 is 0 Å². The predicted octanol–water partition coefficient (Wildman–Crippen LogP) is 3.97. The molecule has 2 heterocycles. The highest BCUT2D eigenvalue weighted by Crippen LogP contribution is 2.34. The third-order valence-corrected chi connectivity index (χ3v) is 6.21. The number of nitrogens with one attached hydrogen (secondary N) is 1. The van der Waals surface area contributed by atoms with Crippen molar-refractivity contribution in [1.82, 2.24) is 15.1 Å². The van der Waals surface area contributed by atoms with Gasteiger partial charge in [-0.3, -0.25) is 4.72 Å². The van der Waals surface area contributed by atoms with E-state index in [4.69, 9.17) is 4.74 Å². The van der Waals surface area contributed by atoms with Crippen molar-refractivity contribution in [2.45, 2.75) is 25.2 Å². The van der Waals surface area contributed by atoms with Crippen molar-refractivity contribution in [3.63, 3.8) is 0 Å². The van der Waals surface area contributed by atoms with Gasteiger partial charge in [-0.1, -0.05) is 18.1 Å². The fourth-order valence-corrected chi connectivity index (χ4v) is 4.36. The lowest BCUT2D eigenvalue weighted by Crippen LogP contribution is -2.13. The van der Waals surface area contributed by atoms with E-state index in [1.807, 2.05) is 13.0 Å². The molecule has 30 heavy (non-hydrogen) atoms. The lowest BCUT2D eigenvalue weighted by Gasteiger charge is -2.14. The van der Waals surface area contributed by atoms with E-state index in [2.05, 4.69) is 37.4 Å². The molecule has 0 amide bonds. The van der Waals surface area contributed by atoms with Crippen molar-refractivity contribution in [3.05, 3.63) is 60.1 Å². The molecule has 4 rings (SSSR count). The molecule has 1 N–H and O–H groups in total. The minimum atomic E-state index is -3.83. The number of rotatable bonds is 6. The van der Waals surface area contributed by atoms with E-state index in [1.165, 1.54) is 30.8 Å². The van der Waals surface area contributed by atoms with Crippen molar-refractivity contribution in [2.75, 3.05) is 11.8 Å². The first-order valence-corrected chi connectivity index (χ1v) is 10.8. The smallest absolute Gasteiger partial charge is 0.263 e. The second-order valence-corrected chi connectivity index (χ2v) is 8.41. The Bertz CT molecular complexity index is 1320. The first-order chi connectivity index (χ1) is 14.4. The Kier molecular flexibility index (Phi) is 5.13. The summed E-state index contributed by atoms with van der Waals surface area (Å²) >= 11 is 0. The molecule has 0 radical (unpaired) electrons. The third-order valence-electron chi connectivity index (χ3n) is 4.86. The van der Waals surface area contributed by atoms with Gasteiger partial charge in [0.1, 0.15) is 18.3 Å². The number of sulfonamides is 1. The van der Waals surface area contributed by atoms with Crippen LogP contribution in [0.5, 0.6) is 5.75 Å². The van der Waals surface area contributed by atoms with Gasteiger partial charge < -0.3 is 9.26 Å². The fraction of sp³-hybridized carbons (Fsp3) is 0.190. The minimum Gasteiger partial charge on any atom is -0.496 e. The van der Waals surface area contributed by atoms with Gasteiger partial charge in [-0.15, -0.1) is 0 Å². The molecule has 0 atom stereocenters. The number of anilines is 1. The summed E-state index contributed by atoms with van der Waals surface area (Å²) < 4.78 is 37.9. The van der Waals surface area contributed by atoms with Gasteiger partial charge in [-0.05, 0) is 48.7 Å². The monoisotopic (exact) mass is 424 g/mol. The van der Waals surface area contributed by atoms with Gasteiger partial charge in [0.05, 0.1) is 23.2 Å². The SMILES string of the molecule is CCc1cc(C)c(-c2ncnc3cc(S(=O)(=O)Nc4ccon4)ccc23)cc1OC. The van der Waals surface area contributed by atoms with Gasteiger partial charge in [0.25, 0.3) is 10.0 Å². The number of fused-ring (bicyclic) bond motifs is 1. The summed E-state index contributed by atoms with van der Waals surface area (Å²) in [5.74, 6) is 0.901. The van der Waals surface area contributed by atoms with Crippen LogP contribution in [0, 0.1) is 6.92 Å². The normalized spacial score (nSPS) is 11.6. The molecule has 0 aliphatic carbocycles. The summed E-state index contributed by atoms with van der Waals surface area (Å²) in [7, 11) is -2.19. The fourth-order valence-electron chi connectivity index (χ4n) is 3.35. The minimum absolute atomic E-state index is 0.0679. The molecular formula is C21H20N4O4S. The summed E-state index contributed by atoms with van der Waals surface area (Å²) in [5.41, 5.74) is 4.31. The standard InChI is InChI=1S/C21H20N4O4S/c1-4-14-9-13(2)17(11-19(14)28-3)21-16-6-5-15(10-18(16)22-12-23-21)30(26,27)25-20-7-8-29-24-20/h5-12H,4H2,1-3H3,(H,24,25). The van der Waals surface area contributed by atoms with Gasteiger partial charge in [-0.25, -0.2) is 18.4 Å². The van der Waals surface area contributed by atoms with Crippen LogP contribution < -0.4 is 9.46 Å². The van der Waals surface area contributed by atoms with Crippen LogP contribution in [0.4, 0.5) is 5.82 Å². The van der Waals surface area contributed by atoms with Crippen LogP contribution in [0.25, 0.3) is 22.2 Å². The molecule has 8 nitrogen and oxygen atoms in total. The Morgan fingerprint density at radius 2 is 1.97 bits per heavy atom. The highest BCUT2D eigenvalue weighted by atomic mass is 32.2. The van der Waals surface area contributed by atoms with E-state index in [1.54, 1.807) is 13.2 Å². The van der Waals surface area contributed by atoms with E-state index in [0.717, 1.165) is 34.2 Å².